The van der Waals surface area contributed by atoms with Crippen molar-refractivity contribution in [1.29, 1.82) is 0 Å². The summed E-state index contributed by atoms with van der Waals surface area (Å²) in [5.74, 6) is 0.506. The van der Waals surface area contributed by atoms with Gasteiger partial charge in [0.05, 0.1) is 36.1 Å². The van der Waals surface area contributed by atoms with E-state index in [-0.39, 0.29) is 12.2 Å². The molecule has 5 rings (SSSR count). The van der Waals surface area contributed by atoms with Gasteiger partial charge in [0.25, 0.3) is 5.56 Å². The average Bonchev–Trinajstić information content (AvgIpc) is 3.26. The molecule has 4 aromatic rings. The number of esters is 1. The molecule has 0 saturated carbocycles. The van der Waals surface area contributed by atoms with E-state index in [1.807, 2.05) is 30.3 Å². The van der Waals surface area contributed by atoms with Crippen LogP contribution >= 0.6 is 34.5 Å². The summed E-state index contributed by atoms with van der Waals surface area (Å²) in [4.78, 5) is 31.6. The fourth-order valence-corrected chi connectivity index (χ4v) is 5.83. The Balaban J connectivity index is 1.55. The largest absolute Gasteiger partial charge is 0.493 e. The summed E-state index contributed by atoms with van der Waals surface area (Å²) >= 11 is 13.6. The first kappa shape index (κ1) is 27.7. The van der Waals surface area contributed by atoms with Gasteiger partial charge in [0.15, 0.2) is 16.3 Å². The van der Waals surface area contributed by atoms with Crippen LogP contribution in [0.5, 0.6) is 11.5 Å². The van der Waals surface area contributed by atoms with Gasteiger partial charge in [-0.3, -0.25) is 9.36 Å². The third kappa shape index (κ3) is 5.43. The van der Waals surface area contributed by atoms with Gasteiger partial charge in [0.1, 0.15) is 6.61 Å². The summed E-state index contributed by atoms with van der Waals surface area (Å²) in [6.07, 6.45) is 1.76. The molecule has 204 valence electrons. The maximum atomic E-state index is 13.8. The number of aromatic nitrogens is 1. The molecular weight excluding hydrogens is 571 g/mol. The van der Waals surface area contributed by atoms with Crippen LogP contribution in [-0.4, -0.2) is 24.8 Å². The molecule has 1 aliphatic heterocycles. The van der Waals surface area contributed by atoms with E-state index >= 15 is 0 Å². The van der Waals surface area contributed by atoms with Crippen molar-refractivity contribution in [3.8, 4) is 11.5 Å². The minimum Gasteiger partial charge on any atom is -0.493 e. The van der Waals surface area contributed by atoms with Crippen LogP contribution in [-0.2, 0) is 16.1 Å². The normalized spacial score (nSPS) is 14.9. The van der Waals surface area contributed by atoms with Crippen LogP contribution in [0.1, 0.15) is 29.7 Å². The highest BCUT2D eigenvalue weighted by Crippen LogP contribution is 2.32. The maximum absolute atomic E-state index is 13.8. The van der Waals surface area contributed by atoms with Crippen molar-refractivity contribution in [2.24, 2.45) is 4.99 Å². The second kappa shape index (κ2) is 11.7. The molecule has 0 radical (unpaired) electrons. The zero-order chi connectivity index (χ0) is 28.4. The van der Waals surface area contributed by atoms with E-state index in [0.29, 0.717) is 47.7 Å². The van der Waals surface area contributed by atoms with Crippen LogP contribution in [0, 0.1) is 0 Å². The van der Waals surface area contributed by atoms with Gasteiger partial charge in [-0.05, 0) is 54.5 Å². The molecule has 40 heavy (non-hydrogen) atoms. The number of nitrogens with zero attached hydrogens (tertiary/aromatic N) is 2. The van der Waals surface area contributed by atoms with Crippen molar-refractivity contribution < 1.29 is 19.0 Å². The molecule has 0 unspecified atom stereocenters. The van der Waals surface area contributed by atoms with Crippen molar-refractivity contribution in [3.05, 3.63) is 124 Å². The lowest BCUT2D eigenvalue weighted by molar-refractivity contribution is -0.136. The molecule has 0 aliphatic carbocycles. The molecule has 0 fully saturated rings. The molecular formula is C30H24Cl2N2O5S. The Morgan fingerprint density at radius 3 is 2.50 bits per heavy atom. The molecule has 7 nitrogen and oxygen atoms in total. The van der Waals surface area contributed by atoms with Gasteiger partial charge >= 0.3 is 5.97 Å². The lowest BCUT2D eigenvalue weighted by atomic mass is 9.96. The Hall–Kier alpha value is -3.85. The Morgan fingerprint density at radius 2 is 1.80 bits per heavy atom. The SMILES string of the molecule is COC(=O)C1=C(C)N=c2s/c(=C\c3ccc(OCc4ccccc4Cl)c(OC)c3)c(=O)n2[C@@H]1c1ccc(Cl)cc1. The van der Waals surface area contributed by atoms with Crippen LogP contribution in [0.15, 0.2) is 87.8 Å². The Kier molecular flexibility index (Phi) is 8.12. The summed E-state index contributed by atoms with van der Waals surface area (Å²) in [5.41, 5.74) is 2.81. The van der Waals surface area contributed by atoms with E-state index in [9.17, 15) is 9.59 Å². The Labute approximate surface area is 244 Å². The molecule has 2 heterocycles. The third-order valence-electron chi connectivity index (χ3n) is 6.44. The van der Waals surface area contributed by atoms with E-state index < -0.39 is 12.0 Å². The minimum absolute atomic E-state index is 0.278. The van der Waals surface area contributed by atoms with E-state index in [0.717, 1.165) is 11.1 Å². The van der Waals surface area contributed by atoms with Crippen molar-refractivity contribution >= 4 is 46.6 Å². The fraction of sp³-hybridized carbons (Fsp3) is 0.167. The monoisotopic (exact) mass is 594 g/mol. The van der Waals surface area contributed by atoms with Gasteiger partial charge in [-0.15, -0.1) is 0 Å². The number of rotatable bonds is 7. The van der Waals surface area contributed by atoms with Crippen LogP contribution in [0.25, 0.3) is 6.08 Å². The van der Waals surface area contributed by atoms with Gasteiger partial charge in [-0.2, -0.15) is 0 Å². The summed E-state index contributed by atoms with van der Waals surface area (Å²) in [6.45, 7) is 2.01. The number of benzene rings is 3. The van der Waals surface area contributed by atoms with Crippen molar-refractivity contribution in [1.82, 2.24) is 4.57 Å². The quantitative estimate of drug-likeness (QED) is 0.271. The van der Waals surface area contributed by atoms with E-state index in [2.05, 4.69) is 4.99 Å². The predicted molar refractivity (Wildman–Crippen MR) is 156 cm³/mol. The number of thiazole rings is 1. The molecule has 0 N–H and O–H groups in total. The van der Waals surface area contributed by atoms with E-state index in [1.54, 1.807) is 56.5 Å². The number of carbonyl (C=O) groups is 1. The number of hydrogen-bond acceptors (Lipinski definition) is 7. The van der Waals surface area contributed by atoms with Crippen molar-refractivity contribution in [3.63, 3.8) is 0 Å². The number of methoxy groups -OCH3 is 2. The number of fused-ring (bicyclic) bond motifs is 1. The highest BCUT2D eigenvalue weighted by atomic mass is 35.5. The first-order valence-corrected chi connectivity index (χ1v) is 13.8. The number of allylic oxidation sites excluding steroid dienone is 1. The Morgan fingerprint density at radius 1 is 1.05 bits per heavy atom. The molecule has 0 amide bonds. The average molecular weight is 596 g/mol. The van der Waals surface area contributed by atoms with Gasteiger partial charge in [0, 0.05) is 15.6 Å². The fourth-order valence-electron chi connectivity index (χ4n) is 4.47. The van der Waals surface area contributed by atoms with Gasteiger partial charge in [0.2, 0.25) is 0 Å². The van der Waals surface area contributed by atoms with E-state index in [1.165, 1.54) is 23.0 Å². The topological polar surface area (TPSA) is 79.1 Å². The molecule has 10 heteroatoms. The number of halogens is 2. The van der Waals surface area contributed by atoms with Crippen molar-refractivity contribution in [2.45, 2.75) is 19.6 Å². The van der Waals surface area contributed by atoms with Crippen LogP contribution in [0.4, 0.5) is 0 Å². The molecule has 1 atom stereocenters. The maximum Gasteiger partial charge on any atom is 0.338 e. The summed E-state index contributed by atoms with van der Waals surface area (Å²) in [5, 5.41) is 1.17. The molecule has 3 aromatic carbocycles. The second-order valence-corrected chi connectivity index (χ2v) is 10.8. The smallest absolute Gasteiger partial charge is 0.338 e. The lowest BCUT2D eigenvalue weighted by Gasteiger charge is -2.24. The first-order chi connectivity index (χ1) is 19.3. The van der Waals surface area contributed by atoms with Crippen LogP contribution in [0.2, 0.25) is 10.0 Å². The zero-order valence-corrected chi connectivity index (χ0v) is 24.1. The standard InChI is InChI=1S/C30H24Cl2N2O5S/c1-17-26(29(36)38-3)27(19-9-11-21(31)12-10-19)34-28(35)25(40-30(34)33-17)15-18-8-13-23(24(14-18)37-2)39-16-20-6-4-5-7-22(20)32/h4-15,27H,16H2,1-3H3/b25-15-/t27-/m1/s1. The van der Waals surface area contributed by atoms with Gasteiger partial charge in [-0.25, -0.2) is 9.79 Å². The molecule has 0 bridgehead atoms. The molecule has 0 saturated heterocycles. The zero-order valence-electron chi connectivity index (χ0n) is 21.8. The molecule has 0 spiro atoms. The van der Waals surface area contributed by atoms with E-state index in [4.69, 9.17) is 37.4 Å². The summed E-state index contributed by atoms with van der Waals surface area (Å²) in [6, 6.07) is 19.2. The highest BCUT2D eigenvalue weighted by molar-refractivity contribution is 7.07. The molecule has 1 aromatic heterocycles. The molecule has 1 aliphatic rings. The second-order valence-electron chi connectivity index (χ2n) is 8.92. The summed E-state index contributed by atoms with van der Waals surface area (Å²) in [7, 11) is 2.86. The van der Waals surface area contributed by atoms with Crippen molar-refractivity contribution in [2.75, 3.05) is 14.2 Å². The van der Waals surface area contributed by atoms with Crippen LogP contribution in [0.3, 0.4) is 0 Å². The van der Waals surface area contributed by atoms with Crippen LogP contribution < -0.4 is 24.4 Å². The van der Waals surface area contributed by atoms with Gasteiger partial charge < -0.3 is 14.2 Å². The Bertz CT molecular complexity index is 1810. The number of carbonyl (C=O) groups excluding carboxylic acids is 1. The lowest BCUT2D eigenvalue weighted by Crippen LogP contribution is -2.39. The van der Waals surface area contributed by atoms with Gasteiger partial charge in [-0.1, -0.05) is 70.9 Å². The highest BCUT2D eigenvalue weighted by Gasteiger charge is 2.33. The number of ether oxygens (including phenoxy) is 3. The third-order valence-corrected chi connectivity index (χ3v) is 8.04. The summed E-state index contributed by atoms with van der Waals surface area (Å²) < 4.78 is 18.5. The number of hydrogen-bond donors (Lipinski definition) is 0. The first-order valence-electron chi connectivity index (χ1n) is 12.2. The predicted octanol–water partition coefficient (Wildman–Crippen LogP) is 5.30. The minimum atomic E-state index is -0.710.